The molecule has 1 saturated heterocycles. The summed E-state index contributed by atoms with van der Waals surface area (Å²) >= 11 is 0. The Kier molecular flexibility index (Phi) is 10.2. The van der Waals surface area contributed by atoms with Crippen LogP contribution in [0.25, 0.3) is 0 Å². The number of ether oxygens (including phenoxy) is 1. The first kappa shape index (κ1) is 30.1. The molecule has 226 valence electrons. The van der Waals surface area contributed by atoms with E-state index in [2.05, 4.69) is 17.4 Å². The summed E-state index contributed by atoms with van der Waals surface area (Å²) < 4.78 is 5.35. The molecule has 1 aliphatic heterocycles. The van der Waals surface area contributed by atoms with Crippen molar-refractivity contribution in [2.45, 2.75) is 69.9 Å². The second kappa shape index (κ2) is 14.2. The number of amides is 3. The molecule has 2 atom stereocenters. The van der Waals surface area contributed by atoms with Gasteiger partial charge in [0.1, 0.15) is 11.8 Å². The molecule has 3 amide bonds. The van der Waals surface area contributed by atoms with E-state index in [1.54, 1.807) is 36.3 Å². The lowest BCUT2D eigenvalue weighted by atomic mass is 9.82. The number of benzene rings is 2. The standard InChI is InChI=1S/C34H46N4O4/c1-42-30-9-5-8-28(20-30)34(41)38-19-17-29(21-31(38)32(39)36-23-26-12-10-25(22-35)11-13-26)37(33(40)27-14-15-27)18-16-24-6-3-2-4-7-24/h2-9,20,25-27,29,31H,10-19,21-23,35H2,1H3,(H,36,39)/t25?,26?,29?,31-/m1/s1. The van der Waals surface area contributed by atoms with Crippen LogP contribution in [0, 0.1) is 17.8 Å². The highest BCUT2D eigenvalue weighted by Crippen LogP contribution is 2.34. The summed E-state index contributed by atoms with van der Waals surface area (Å²) in [5.74, 6) is 1.59. The highest BCUT2D eigenvalue weighted by molar-refractivity contribution is 5.98. The van der Waals surface area contributed by atoms with Crippen LogP contribution in [0.15, 0.2) is 54.6 Å². The van der Waals surface area contributed by atoms with Crippen molar-refractivity contribution in [1.29, 1.82) is 0 Å². The Hall–Kier alpha value is -3.39. The maximum atomic E-state index is 13.8. The van der Waals surface area contributed by atoms with E-state index in [4.69, 9.17) is 10.5 Å². The van der Waals surface area contributed by atoms with Crippen molar-refractivity contribution in [1.82, 2.24) is 15.1 Å². The molecule has 8 nitrogen and oxygen atoms in total. The van der Waals surface area contributed by atoms with Gasteiger partial charge in [-0.15, -0.1) is 0 Å². The van der Waals surface area contributed by atoms with E-state index in [-0.39, 0.29) is 29.7 Å². The molecule has 3 fully saturated rings. The first-order chi connectivity index (χ1) is 20.5. The molecule has 5 rings (SSSR count). The third kappa shape index (κ3) is 7.51. The molecular formula is C34H46N4O4. The van der Waals surface area contributed by atoms with Crippen molar-refractivity contribution >= 4 is 17.7 Å². The molecule has 2 saturated carbocycles. The van der Waals surface area contributed by atoms with Gasteiger partial charge in [-0.05, 0) is 99.9 Å². The molecule has 2 aromatic carbocycles. The Morgan fingerprint density at radius 1 is 0.952 bits per heavy atom. The number of hydrogen-bond acceptors (Lipinski definition) is 5. The Balaban J connectivity index is 1.32. The zero-order valence-corrected chi connectivity index (χ0v) is 24.9. The predicted molar refractivity (Wildman–Crippen MR) is 163 cm³/mol. The summed E-state index contributed by atoms with van der Waals surface area (Å²) in [4.78, 5) is 44.9. The lowest BCUT2D eigenvalue weighted by Crippen LogP contribution is -2.58. The highest BCUT2D eigenvalue weighted by Gasteiger charge is 2.42. The minimum Gasteiger partial charge on any atom is -0.497 e. The Labute approximate surface area is 250 Å². The predicted octanol–water partition coefficient (Wildman–Crippen LogP) is 4.03. The minimum absolute atomic E-state index is 0.0908. The van der Waals surface area contributed by atoms with Crippen LogP contribution in [0.2, 0.25) is 0 Å². The number of rotatable bonds is 11. The third-order valence-corrected chi connectivity index (χ3v) is 9.45. The molecule has 0 spiro atoms. The lowest BCUT2D eigenvalue weighted by Gasteiger charge is -2.43. The average molecular weight is 575 g/mol. The van der Waals surface area contributed by atoms with Crippen LogP contribution >= 0.6 is 0 Å². The fourth-order valence-corrected chi connectivity index (χ4v) is 6.61. The van der Waals surface area contributed by atoms with Crippen molar-refractivity contribution in [2.24, 2.45) is 23.5 Å². The van der Waals surface area contributed by atoms with Gasteiger partial charge in [0.05, 0.1) is 7.11 Å². The summed E-state index contributed by atoms with van der Waals surface area (Å²) in [6.07, 6.45) is 8.05. The molecule has 3 N–H and O–H groups in total. The largest absolute Gasteiger partial charge is 0.497 e. The van der Waals surface area contributed by atoms with Crippen LogP contribution in [-0.4, -0.2) is 72.9 Å². The van der Waals surface area contributed by atoms with Gasteiger partial charge in [-0.2, -0.15) is 0 Å². The average Bonchev–Trinajstić information content (AvgIpc) is 3.90. The molecule has 0 aromatic heterocycles. The van der Waals surface area contributed by atoms with E-state index in [0.717, 1.165) is 51.5 Å². The van der Waals surface area contributed by atoms with Gasteiger partial charge in [-0.25, -0.2) is 0 Å². The van der Waals surface area contributed by atoms with Crippen molar-refractivity contribution in [3.63, 3.8) is 0 Å². The van der Waals surface area contributed by atoms with Crippen molar-refractivity contribution in [3.05, 3.63) is 65.7 Å². The Morgan fingerprint density at radius 3 is 2.38 bits per heavy atom. The normalized spacial score (nSPS) is 24.1. The lowest BCUT2D eigenvalue weighted by molar-refractivity contribution is -0.138. The highest BCUT2D eigenvalue weighted by atomic mass is 16.5. The first-order valence-electron chi connectivity index (χ1n) is 15.7. The fourth-order valence-electron chi connectivity index (χ4n) is 6.61. The second-order valence-corrected chi connectivity index (χ2v) is 12.3. The molecule has 3 aliphatic rings. The number of nitrogens with one attached hydrogen (secondary N) is 1. The summed E-state index contributed by atoms with van der Waals surface area (Å²) in [5, 5.41) is 3.20. The molecule has 2 aromatic rings. The van der Waals surface area contributed by atoms with Gasteiger partial charge >= 0.3 is 0 Å². The monoisotopic (exact) mass is 574 g/mol. The fraction of sp³-hybridized carbons (Fsp3) is 0.559. The molecule has 42 heavy (non-hydrogen) atoms. The molecule has 2 aliphatic carbocycles. The van der Waals surface area contributed by atoms with Gasteiger partial charge in [0.15, 0.2) is 0 Å². The topological polar surface area (TPSA) is 105 Å². The van der Waals surface area contributed by atoms with E-state index in [9.17, 15) is 14.4 Å². The van der Waals surface area contributed by atoms with Crippen LogP contribution in [0.5, 0.6) is 5.75 Å². The van der Waals surface area contributed by atoms with Gasteiger partial charge in [0.2, 0.25) is 11.8 Å². The van der Waals surface area contributed by atoms with E-state index in [1.165, 1.54) is 5.56 Å². The molecule has 0 radical (unpaired) electrons. The number of likely N-dealkylation sites (tertiary alicyclic amines) is 1. The molecule has 1 unspecified atom stereocenters. The van der Waals surface area contributed by atoms with Crippen LogP contribution in [0.1, 0.15) is 67.3 Å². The molecule has 1 heterocycles. The molecule has 0 bridgehead atoms. The van der Waals surface area contributed by atoms with Gasteiger partial charge < -0.3 is 25.6 Å². The summed E-state index contributed by atoms with van der Waals surface area (Å²) in [5.41, 5.74) is 7.56. The summed E-state index contributed by atoms with van der Waals surface area (Å²) in [7, 11) is 1.58. The van der Waals surface area contributed by atoms with E-state index in [1.807, 2.05) is 23.1 Å². The van der Waals surface area contributed by atoms with Crippen molar-refractivity contribution < 1.29 is 19.1 Å². The van der Waals surface area contributed by atoms with Crippen LogP contribution in [-0.2, 0) is 16.0 Å². The SMILES string of the molecule is COc1cccc(C(=O)N2CCC(N(CCc3ccccc3)C(=O)C3CC3)C[C@@H]2C(=O)NCC2CCC(CN)CC2)c1. The van der Waals surface area contributed by atoms with Gasteiger partial charge in [-0.1, -0.05) is 36.4 Å². The van der Waals surface area contributed by atoms with Crippen LogP contribution in [0.3, 0.4) is 0 Å². The Morgan fingerprint density at radius 2 is 1.69 bits per heavy atom. The molecule has 8 heteroatoms. The van der Waals surface area contributed by atoms with Crippen molar-refractivity contribution in [2.75, 3.05) is 33.3 Å². The Bertz CT molecular complexity index is 1210. The van der Waals surface area contributed by atoms with Crippen LogP contribution in [0.4, 0.5) is 0 Å². The zero-order valence-electron chi connectivity index (χ0n) is 24.9. The number of piperidine rings is 1. The van der Waals surface area contributed by atoms with E-state index < -0.39 is 6.04 Å². The quantitative estimate of drug-likeness (QED) is 0.422. The maximum Gasteiger partial charge on any atom is 0.254 e. The summed E-state index contributed by atoms with van der Waals surface area (Å²) in [6.45, 7) is 2.37. The number of carbonyl (C=O) groups is 3. The molecular weight excluding hydrogens is 528 g/mol. The minimum atomic E-state index is -0.644. The van der Waals surface area contributed by atoms with Gasteiger partial charge in [-0.3, -0.25) is 14.4 Å². The van der Waals surface area contributed by atoms with Crippen molar-refractivity contribution in [3.8, 4) is 5.75 Å². The number of carbonyl (C=O) groups excluding carboxylic acids is 3. The zero-order chi connectivity index (χ0) is 29.5. The van der Waals surface area contributed by atoms with E-state index >= 15 is 0 Å². The number of nitrogens with zero attached hydrogens (tertiary/aromatic N) is 2. The third-order valence-electron chi connectivity index (χ3n) is 9.45. The number of nitrogens with two attached hydrogens (primary N) is 1. The van der Waals surface area contributed by atoms with Crippen LogP contribution < -0.4 is 15.8 Å². The first-order valence-corrected chi connectivity index (χ1v) is 15.7. The second-order valence-electron chi connectivity index (χ2n) is 12.3. The van der Waals surface area contributed by atoms with Gasteiger partial charge in [0.25, 0.3) is 5.91 Å². The maximum absolute atomic E-state index is 13.8. The smallest absolute Gasteiger partial charge is 0.254 e. The van der Waals surface area contributed by atoms with Gasteiger partial charge in [0, 0.05) is 37.2 Å². The number of hydrogen-bond donors (Lipinski definition) is 2. The summed E-state index contributed by atoms with van der Waals surface area (Å²) in [6, 6.07) is 16.6. The van der Waals surface area contributed by atoms with E-state index in [0.29, 0.717) is 55.6 Å². The number of methoxy groups -OCH3 is 1.